The number of anilines is 4. The van der Waals surface area contributed by atoms with Gasteiger partial charge in [-0.05, 0) is 123 Å². The summed E-state index contributed by atoms with van der Waals surface area (Å²) in [4.78, 5) is 90.6. The van der Waals surface area contributed by atoms with Gasteiger partial charge in [-0.15, -0.1) is 0 Å². The van der Waals surface area contributed by atoms with Crippen molar-refractivity contribution in [3.05, 3.63) is 173 Å². The highest BCUT2D eigenvalue weighted by molar-refractivity contribution is 6.09. The number of carbonyl (C=O) groups is 6. The molecule has 0 aliphatic carbocycles. The molecule has 91 heavy (non-hydrogen) atoms. The SMILES string of the molecule is CCCCCCOC(=O)NC(=N)c1ccc(NCc2nc3cc(C(=O)N(CCC(=O)O)c4ccccn4)ccc3n2C)cc1.CCCCCCOC(=O)NC(=N)c1ccc(NCc2nc3cc(C(=O)N(CCC(=O)OCC)c4cccc[n+]4[O-])ccc3n2C)cc1. The molecule has 0 saturated carbocycles. The summed E-state index contributed by atoms with van der Waals surface area (Å²) in [5, 5.41) is 49.6. The molecule has 4 aromatic carbocycles. The molecular formula is C66H78N14O11. The van der Waals surface area contributed by atoms with Gasteiger partial charge in [0.05, 0.1) is 79.6 Å². The van der Waals surface area contributed by atoms with Gasteiger partial charge >= 0.3 is 30.0 Å². The zero-order chi connectivity index (χ0) is 65.2. The van der Waals surface area contributed by atoms with E-state index < -0.39 is 30.0 Å². The zero-order valence-electron chi connectivity index (χ0n) is 51.8. The van der Waals surface area contributed by atoms with Crippen LogP contribution in [-0.4, -0.2) is 110 Å². The molecule has 8 rings (SSSR count). The van der Waals surface area contributed by atoms with E-state index in [0.29, 0.717) is 76.0 Å². The van der Waals surface area contributed by atoms with Crippen LogP contribution in [0.25, 0.3) is 22.1 Å². The lowest BCUT2D eigenvalue weighted by atomic mass is 10.1. The molecule has 25 nitrogen and oxygen atoms in total. The molecule has 4 heterocycles. The Hall–Kier alpha value is -10.7. The molecule has 0 spiro atoms. The van der Waals surface area contributed by atoms with E-state index in [1.165, 1.54) is 22.1 Å². The number of carboxylic acid groups (broad SMARTS) is 1. The zero-order valence-corrected chi connectivity index (χ0v) is 51.8. The minimum absolute atomic E-state index is 0.0157. The Labute approximate surface area is 527 Å². The molecule has 0 unspecified atom stereocenters. The van der Waals surface area contributed by atoms with Crippen LogP contribution in [0.5, 0.6) is 0 Å². The molecule has 0 radical (unpaired) electrons. The van der Waals surface area contributed by atoms with E-state index in [2.05, 4.69) is 40.1 Å². The monoisotopic (exact) mass is 1240 g/mol. The fourth-order valence-electron chi connectivity index (χ4n) is 9.50. The summed E-state index contributed by atoms with van der Waals surface area (Å²) >= 11 is 0. The Morgan fingerprint density at radius 1 is 0.582 bits per heavy atom. The van der Waals surface area contributed by atoms with Crippen LogP contribution in [0, 0.1) is 16.0 Å². The van der Waals surface area contributed by atoms with E-state index in [1.54, 1.807) is 110 Å². The average molecular weight is 1240 g/mol. The number of alkyl carbamates (subject to hydrolysis) is 2. The Kier molecular flexibility index (Phi) is 25.4. The summed E-state index contributed by atoms with van der Waals surface area (Å²) in [5.74, 6) is -0.450. The van der Waals surface area contributed by atoms with Gasteiger partial charge in [0.1, 0.15) is 35.7 Å². The number of aliphatic carboxylic acids is 1. The summed E-state index contributed by atoms with van der Waals surface area (Å²) in [7, 11) is 3.77. The van der Waals surface area contributed by atoms with Crippen LogP contribution in [0.4, 0.5) is 32.6 Å². The number of ether oxygens (including phenoxy) is 3. The van der Waals surface area contributed by atoms with Gasteiger partial charge in [-0.3, -0.25) is 40.7 Å². The van der Waals surface area contributed by atoms with Crippen molar-refractivity contribution in [1.82, 2.24) is 34.7 Å². The number of aryl methyl sites for hydroxylation is 2. The van der Waals surface area contributed by atoms with Gasteiger partial charge in [-0.2, -0.15) is 4.90 Å². The molecule has 0 fully saturated rings. The van der Waals surface area contributed by atoms with Crippen molar-refractivity contribution < 1.29 is 52.8 Å². The molecule has 0 saturated heterocycles. The van der Waals surface area contributed by atoms with Crippen molar-refractivity contribution in [2.45, 2.75) is 98.1 Å². The van der Waals surface area contributed by atoms with E-state index in [1.807, 2.05) is 41.4 Å². The number of imidazole rings is 2. The van der Waals surface area contributed by atoms with Crippen molar-refractivity contribution in [2.24, 2.45) is 14.1 Å². The summed E-state index contributed by atoms with van der Waals surface area (Å²) in [6, 6.07) is 34.4. The maximum absolute atomic E-state index is 13.7. The minimum Gasteiger partial charge on any atom is -0.711 e. The molecular weight excluding hydrogens is 1160 g/mol. The van der Waals surface area contributed by atoms with Crippen LogP contribution in [0.3, 0.4) is 0 Å². The molecule has 0 aliphatic heterocycles. The number of nitrogens with one attached hydrogen (secondary N) is 6. The van der Waals surface area contributed by atoms with Gasteiger partial charge in [0.25, 0.3) is 11.7 Å². The fraction of sp³-hybridized carbons (Fsp3) is 0.333. The number of fused-ring (bicyclic) bond motifs is 2. The number of unbranched alkanes of at least 4 members (excludes halogenated alkanes) is 6. The average Bonchev–Trinajstić information content (AvgIpc) is 1.76. The molecule has 0 atom stereocenters. The quantitative estimate of drug-likeness (QED) is 0.00436. The van der Waals surface area contributed by atoms with Gasteiger partial charge < -0.3 is 44.3 Å². The van der Waals surface area contributed by atoms with Crippen LogP contribution in [0.1, 0.15) is 128 Å². The van der Waals surface area contributed by atoms with Crippen LogP contribution < -0.4 is 35.8 Å². The number of rotatable bonds is 29. The lowest BCUT2D eigenvalue weighted by molar-refractivity contribution is -0.591. The Bertz CT molecular complexity index is 3800. The number of carbonyl (C=O) groups excluding carboxylic acids is 5. The van der Waals surface area contributed by atoms with E-state index in [0.717, 1.165) is 79.6 Å². The number of nitrogens with zero attached hydrogens (tertiary/aromatic N) is 8. The van der Waals surface area contributed by atoms with Crippen LogP contribution >= 0.6 is 0 Å². The Morgan fingerprint density at radius 3 is 1.53 bits per heavy atom. The number of benzene rings is 4. The first-order valence-corrected chi connectivity index (χ1v) is 30.2. The maximum atomic E-state index is 13.7. The van der Waals surface area contributed by atoms with Crippen LogP contribution in [0.15, 0.2) is 134 Å². The van der Waals surface area contributed by atoms with Gasteiger partial charge in [-0.1, -0.05) is 64.5 Å². The summed E-state index contributed by atoms with van der Waals surface area (Å²) in [5.41, 5.74) is 6.21. The first kappa shape index (κ1) is 67.8. The first-order chi connectivity index (χ1) is 44.0. The van der Waals surface area contributed by atoms with Crippen LogP contribution in [0.2, 0.25) is 0 Å². The lowest BCUT2D eigenvalue weighted by Crippen LogP contribution is -2.42. The highest BCUT2D eigenvalue weighted by atomic mass is 16.6. The van der Waals surface area contributed by atoms with Crippen molar-refractivity contribution in [3.8, 4) is 0 Å². The molecule has 4 aromatic heterocycles. The Balaban J connectivity index is 0.000000259. The van der Waals surface area contributed by atoms with Crippen molar-refractivity contribution in [2.75, 3.05) is 53.3 Å². The number of aromatic nitrogens is 6. The van der Waals surface area contributed by atoms with Gasteiger partial charge in [0, 0.05) is 61.0 Å². The standard InChI is InChI=1S/C34H41N7O6.C32H37N7O5/c1-4-6-7-10-21-47-34(44)38-32(35)24-12-15-26(16-13-24)36-23-29-37-27-22-25(14-17-28(27)39(29)3)33(43)40(20-18-31(42)46-5-2)30-11-8-9-19-41(30)45;1-3-4-5-8-19-44-32(43)37-30(33)22-10-13-24(14-11-22)35-21-28-36-25-20-23(12-15-26(25)38(28)2)31(42)39(18-16-29(40)41)27-9-6-7-17-34-27/h8-9,11-17,19,22,36H,4-7,10,18,20-21,23H2,1-3H3,(H2,35,38,44);6-7,9-15,17,20,35H,3-5,8,16,18-19,21H2,1-2H3,(H,40,41)(H2,33,37,43). The Morgan fingerprint density at radius 2 is 1.07 bits per heavy atom. The fourth-order valence-corrected chi connectivity index (χ4v) is 9.50. The highest BCUT2D eigenvalue weighted by Gasteiger charge is 2.29. The maximum Gasteiger partial charge on any atom is 0.412 e. The molecule has 478 valence electrons. The summed E-state index contributed by atoms with van der Waals surface area (Å²) in [6.07, 6.45) is 9.31. The van der Waals surface area contributed by atoms with E-state index >= 15 is 0 Å². The molecule has 25 heteroatoms. The van der Waals surface area contributed by atoms with E-state index in [4.69, 9.17) is 35.0 Å². The van der Waals surface area contributed by atoms with Gasteiger partial charge in [-0.25, -0.2) is 34.1 Å². The van der Waals surface area contributed by atoms with Gasteiger partial charge in [0.15, 0.2) is 0 Å². The van der Waals surface area contributed by atoms with Crippen LogP contribution in [-0.2, 0) is 51.0 Å². The third kappa shape index (κ3) is 19.6. The number of esters is 1. The smallest absolute Gasteiger partial charge is 0.412 e. The molecule has 4 amide bonds. The van der Waals surface area contributed by atoms with E-state index in [-0.39, 0.29) is 55.9 Å². The number of amidine groups is 2. The number of hydrogen-bond donors (Lipinski definition) is 7. The summed E-state index contributed by atoms with van der Waals surface area (Å²) in [6.45, 7) is 7.53. The second-order valence-corrected chi connectivity index (χ2v) is 21.0. The molecule has 8 aromatic rings. The lowest BCUT2D eigenvalue weighted by Gasteiger charge is -2.21. The minimum atomic E-state index is -1.01. The highest BCUT2D eigenvalue weighted by Crippen LogP contribution is 2.24. The number of carboxylic acids is 1. The topological polar surface area (TPSA) is 328 Å². The third-order valence-electron chi connectivity index (χ3n) is 14.5. The van der Waals surface area contributed by atoms with Crippen molar-refractivity contribution >= 4 is 92.7 Å². The predicted octanol–water partition coefficient (Wildman–Crippen LogP) is 10.4. The van der Waals surface area contributed by atoms with Crippen molar-refractivity contribution in [3.63, 3.8) is 0 Å². The molecule has 7 N–H and O–H groups in total. The second-order valence-electron chi connectivity index (χ2n) is 21.0. The third-order valence-corrected chi connectivity index (χ3v) is 14.5. The largest absolute Gasteiger partial charge is 0.711 e. The summed E-state index contributed by atoms with van der Waals surface area (Å²) < 4.78 is 19.7. The van der Waals surface area contributed by atoms with Gasteiger partial charge in [0.2, 0.25) is 0 Å². The first-order valence-electron chi connectivity index (χ1n) is 30.2. The second kappa shape index (κ2) is 34.1. The number of amides is 4. The van der Waals surface area contributed by atoms with E-state index in [9.17, 15) is 39.1 Å². The normalized spacial score (nSPS) is 10.8. The van der Waals surface area contributed by atoms with Crippen molar-refractivity contribution in [1.29, 1.82) is 10.8 Å². The molecule has 0 aliphatic rings. The number of hydrogen-bond acceptors (Lipinski definition) is 17. The molecule has 0 bridgehead atoms. The number of pyridine rings is 2. The predicted molar refractivity (Wildman–Crippen MR) is 346 cm³/mol.